The Balaban J connectivity index is 1.64. The highest BCUT2D eigenvalue weighted by atomic mass is 19.4. The second-order valence-corrected chi connectivity index (χ2v) is 9.22. The van der Waals surface area contributed by atoms with Crippen molar-refractivity contribution >= 4 is 11.7 Å². The van der Waals surface area contributed by atoms with Crippen LogP contribution in [0.25, 0.3) is 0 Å². The molecule has 0 bridgehead atoms. The number of hydrogen-bond donors (Lipinski definition) is 3. The SMILES string of the molecule is Cc1nc(CC(=O)NC2(C(F)(F)F)CCOC2)c(C2OCCO2)c(NC(O)c2cccc(C(C)(F)F)c2)n1. The summed E-state index contributed by atoms with van der Waals surface area (Å²) >= 11 is 0. The second kappa shape index (κ2) is 10.7. The van der Waals surface area contributed by atoms with E-state index in [2.05, 4.69) is 20.6 Å². The van der Waals surface area contributed by atoms with Gasteiger partial charge in [0.05, 0.1) is 37.5 Å². The molecular formula is C24H27F5N4O5. The zero-order valence-electron chi connectivity index (χ0n) is 20.6. The monoisotopic (exact) mass is 546 g/mol. The second-order valence-electron chi connectivity index (χ2n) is 9.22. The molecule has 2 aromatic rings. The highest BCUT2D eigenvalue weighted by Crippen LogP contribution is 2.38. The van der Waals surface area contributed by atoms with Crippen LogP contribution in [0.4, 0.5) is 27.8 Å². The first kappa shape index (κ1) is 28.1. The van der Waals surface area contributed by atoms with Crippen molar-refractivity contribution in [2.75, 3.05) is 31.7 Å². The maximum atomic E-state index is 13.8. The number of rotatable bonds is 8. The van der Waals surface area contributed by atoms with Crippen molar-refractivity contribution < 1.29 is 46.1 Å². The lowest BCUT2D eigenvalue weighted by atomic mass is 9.97. The summed E-state index contributed by atoms with van der Waals surface area (Å²) in [5, 5.41) is 15.6. The van der Waals surface area contributed by atoms with E-state index >= 15 is 0 Å². The number of alkyl halides is 5. The largest absolute Gasteiger partial charge is 0.413 e. The first-order valence-corrected chi connectivity index (χ1v) is 11.8. The van der Waals surface area contributed by atoms with Crippen LogP contribution >= 0.6 is 0 Å². The number of nitrogens with one attached hydrogen (secondary N) is 2. The molecule has 2 atom stereocenters. The molecule has 0 saturated carbocycles. The molecule has 2 saturated heterocycles. The highest BCUT2D eigenvalue weighted by molar-refractivity contribution is 5.80. The summed E-state index contributed by atoms with van der Waals surface area (Å²) < 4.78 is 84.8. The summed E-state index contributed by atoms with van der Waals surface area (Å²) in [4.78, 5) is 21.3. The summed E-state index contributed by atoms with van der Waals surface area (Å²) in [6, 6.07) is 5.14. The first-order chi connectivity index (χ1) is 17.8. The van der Waals surface area contributed by atoms with Crippen LogP contribution < -0.4 is 10.6 Å². The van der Waals surface area contributed by atoms with Gasteiger partial charge >= 0.3 is 6.18 Å². The predicted octanol–water partition coefficient (Wildman–Crippen LogP) is 3.43. The Bertz CT molecular complexity index is 1160. The Hall–Kier alpha value is -2.94. The minimum Gasteiger partial charge on any atom is -0.379 e. The number of aromatic nitrogens is 2. The van der Waals surface area contributed by atoms with Crippen molar-refractivity contribution in [3.05, 3.63) is 52.5 Å². The number of anilines is 1. The number of halogens is 5. The molecule has 1 aromatic carbocycles. The Kier molecular flexibility index (Phi) is 7.89. The van der Waals surface area contributed by atoms with E-state index in [9.17, 15) is 31.9 Å². The van der Waals surface area contributed by atoms with Crippen LogP contribution in [0.15, 0.2) is 24.3 Å². The quantitative estimate of drug-likeness (QED) is 0.341. The van der Waals surface area contributed by atoms with E-state index in [1.54, 1.807) is 0 Å². The van der Waals surface area contributed by atoms with Gasteiger partial charge in [-0.15, -0.1) is 0 Å². The topological polar surface area (TPSA) is 115 Å². The molecule has 0 radical (unpaired) electrons. The molecular weight excluding hydrogens is 519 g/mol. The van der Waals surface area contributed by atoms with E-state index in [0.717, 1.165) is 13.0 Å². The smallest absolute Gasteiger partial charge is 0.379 e. The predicted molar refractivity (Wildman–Crippen MR) is 122 cm³/mol. The maximum Gasteiger partial charge on any atom is 0.413 e. The van der Waals surface area contributed by atoms with Crippen LogP contribution in [0.2, 0.25) is 0 Å². The van der Waals surface area contributed by atoms with E-state index in [-0.39, 0.29) is 53.8 Å². The van der Waals surface area contributed by atoms with Crippen LogP contribution in [0.3, 0.4) is 0 Å². The molecule has 0 aliphatic carbocycles. The van der Waals surface area contributed by atoms with Crippen molar-refractivity contribution in [3.63, 3.8) is 0 Å². The van der Waals surface area contributed by atoms with Crippen molar-refractivity contribution in [2.45, 2.75) is 56.8 Å². The minimum atomic E-state index is -4.73. The minimum absolute atomic E-state index is 0.0154. The summed E-state index contributed by atoms with van der Waals surface area (Å²) in [6.07, 6.45) is -8.34. The molecule has 3 heterocycles. The van der Waals surface area contributed by atoms with Crippen molar-refractivity contribution in [1.29, 1.82) is 0 Å². The third kappa shape index (κ3) is 6.03. The van der Waals surface area contributed by atoms with Gasteiger partial charge in [-0.25, -0.2) is 18.7 Å². The van der Waals surface area contributed by atoms with Gasteiger partial charge in [0.1, 0.15) is 11.6 Å². The Morgan fingerprint density at radius 3 is 2.50 bits per heavy atom. The molecule has 0 spiro atoms. The Labute approximate surface area is 214 Å². The zero-order valence-corrected chi connectivity index (χ0v) is 20.6. The lowest BCUT2D eigenvalue weighted by molar-refractivity contribution is -0.197. The third-order valence-electron chi connectivity index (χ3n) is 6.25. The Morgan fingerprint density at radius 1 is 1.18 bits per heavy atom. The average Bonchev–Trinajstić information content (AvgIpc) is 3.51. The molecule has 2 aliphatic heterocycles. The zero-order chi connectivity index (χ0) is 27.7. The van der Waals surface area contributed by atoms with Crippen molar-refractivity contribution in [1.82, 2.24) is 15.3 Å². The highest BCUT2D eigenvalue weighted by Gasteiger charge is 2.58. The fourth-order valence-corrected chi connectivity index (χ4v) is 4.27. The molecule has 4 rings (SSSR count). The number of aliphatic hydroxyl groups excluding tert-OH is 1. The van der Waals surface area contributed by atoms with E-state index in [1.165, 1.54) is 25.1 Å². The molecule has 9 nitrogen and oxygen atoms in total. The van der Waals surface area contributed by atoms with E-state index < -0.39 is 55.5 Å². The molecule has 2 aliphatic rings. The lowest BCUT2D eigenvalue weighted by Crippen LogP contribution is -2.59. The summed E-state index contributed by atoms with van der Waals surface area (Å²) in [7, 11) is 0. The number of carbonyl (C=O) groups excluding carboxylic acids is 1. The number of hydrogen-bond acceptors (Lipinski definition) is 8. The third-order valence-corrected chi connectivity index (χ3v) is 6.25. The molecule has 14 heteroatoms. The van der Waals surface area contributed by atoms with Gasteiger partial charge in [-0.3, -0.25) is 4.79 Å². The average molecular weight is 546 g/mol. The van der Waals surface area contributed by atoms with Gasteiger partial charge in [0.2, 0.25) is 5.91 Å². The molecule has 3 N–H and O–H groups in total. The molecule has 1 aromatic heterocycles. The van der Waals surface area contributed by atoms with Gasteiger partial charge < -0.3 is 30.0 Å². The summed E-state index contributed by atoms with van der Waals surface area (Å²) in [5.41, 5.74) is -2.61. The van der Waals surface area contributed by atoms with Crippen molar-refractivity contribution in [3.8, 4) is 0 Å². The standard InChI is InChI=1S/C24H27F5N4O5/c1-13-30-16(11-17(34)33-23(24(27,28)29)6-7-36-12-23)18(21-37-8-9-38-21)19(31-13)32-20(35)14-4-3-5-15(10-14)22(2,25)26/h3-5,10,20-21,35H,6-9,11-12H2,1-2H3,(H,33,34)(H,30,31,32). The number of amides is 1. The summed E-state index contributed by atoms with van der Waals surface area (Å²) in [6.45, 7) is 1.73. The van der Waals surface area contributed by atoms with Gasteiger partial charge in [0, 0.05) is 31.1 Å². The molecule has 2 fully saturated rings. The number of aliphatic hydroxyl groups is 1. The number of ether oxygens (including phenoxy) is 3. The van der Waals surface area contributed by atoms with Gasteiger partial charge in [-0.1, -0.05) is 18.2 Å². The van der Waals surface area contributed by atoms with E-state index in [1.807, 2.05) is 0 Å². The molecule has 208 valence electrons. The van der Waals surface area contributed by atoms with E-state index in [0.29, 0.717) is 0 Å². The van der Waals surface area contributed by atoms with Crippen LogP contribution in [0, 0.1) is 6.92 Å². The summed E-state index contributed by atoms with van der Waals surface area (Å²) in [5.74, 6) is -4.00. The number of nitrogens with zero attached hydrogens (tertiary/aromatic N) is 2. The maximum absolute atomic E-state index is 13.8. The fourth-order valence-electron chi connectivity index (χ4n) is 4.27. The molecule has 38 heavy (non-hydrogen) atoms. The fraction of sp³-hybridized carbons (Fsp3) is 0.542. The normalized spacial score (nSPS) is 21.5. The molecule has 2 unspecified atom stereocenters. The van der Waals surface area contributed by atoms with Crippen molar-refractivity contribution in [2.24, 2.45) is 0 Å². The van der Waals surface area contributed by atoms with Gasteiger partial charge in [-0.2, -0.15) is 13.2 Å². The lowest BCUT2D eigenvalue weighted by Gasteiger charge is -2.31. The number of aryl methyl sites for hydroxylation is 1. The van der Waals surface area contributed by atoms with Gasteiger partial charge in [-0.05, 0) is 13.0 Å². The number of carbonyl (C=O) groups is 1. The van der Waals surface area contributed by atoms with Gasteiger partial charge in [0.15, 0.2) is 18.1 Å². The van der Waals surface area contributed by atoms with Crippen LogP contribution in [-0.4, -0.2) is 59.1 Å². The van der Waals surface area contributed by atoms with Crippen LogP contribution in [0.1, 0.15) is 54.1 Å². The van der Waals surface area contributed by atoms with Gasteiger partial charge in [0.25, 0.3) is 5.92 Å². The van der Waals surface area contributed by atoms with Crippen LogP contribution in [-0.2, 0) is 31.3 Å². The molecule has 1 amide bonds. The number of benzene rings is 1. The van der Waals surface area contributed by atoms with Crippen LogP contribution in [0.5, 0.6) is 0 Å². The Morgan fingerprint density at radius 2 is 1.89 bits per heavy atom. The van der Waals surface area contributed by atoms with E-state index in [4.69, 9.17) is 14.2 Å². The first-order valence-electron chi connectivity index (χ1n) is 11.8.